The molecular weight excluding hydrogens is 492 g/mol. The first-order chi connectivity index (χ1) is 16.3. The van der Waals surface area contributed by atoms with Crippen LogP contribution in [0.2, 0.25) is 10.0 Å². The fourth-order valence-electron chi connectivity index (χ4n) is 3.42. The Balaban J connectivity index is 1.93. The quantitative estimate of drug-likeness (QED) is 0.316. The number of anilines is 3. The summed E-state index contributed by atoms with van der Waals surface area (Å²) in [6, 6.07) is 6.70. The summed E-state index contributed by atoms with van der Waals surface area (Å²) in [6.45, 7) is 7.45. The lowest BCUT2D eigenvalue weighted by molar-refractivity contribution is -0.128. The third kappa shape index (κ3) is 5.82. The number of halogens is 3. The molecule has 10 heteroatoms. The van der Waals surface area contributed by atoms with Crippen molar-refractivity contribution in [2.75, 3.05) is 23.8 Å². The number of imidazole rings is 1. The highest BCUT2D eigenvalue weighted by atomic mass is 35.5. The van der Waals surface area contributed by atoms with Gasteiger partial charge in [0.2, 0.25) is 11.9 Å². The van der Waals surface area contributed by atoms with E-state index in [1.807, 2.05) is 18.0 Å². The number of aliphatic hydroxyl groups excluding tert-OH is 1. The third-order valence-corrected chi connectivity index (χ3v) is 6.24. The lowest BCUT2D eigenvalue weighted by Crippen LogP contribution is -2.34. The van der Waals surface area contributed by atoms with Crippen LogP contribution in [0, 0.1) is 11.2 Å². The first kappa shape index (κ1) is 26.6. The van der Waals surface area contributed by atoms with Crippen LogP contribution in [0.3, 0.4) is 0 Å². The summed E-state index contributed by atoms with van der Waals surface area (Å²) in [5, 5.41) is 16.3. The Morgan fingerprint density at radius 2 is 1.94 bits per heavy atom. The number of rotatable bonds is 7. The molecule has 0 radical (unpaired) electrons. The minimum absolute atomic E-state index is 0.0285. The average Bonchev–Trinajstić information content (AvgIpc) is 3.08. The van der Waals surface area contributed by atoms with Crippen LogP contribution in [0.1, 0.15) is 33.3 Å². The number of fused-ring (bicyclic) bond motifs is 1. The molecule has 0 bridgehead atoms. The smallest absolute Gasteiger partial charge is 0.225 e. The Labute approximate surface area is 214 Å². The molecule has 0 spiro atoms. The predicted molar refractivity (Wildman–Crippen MR) is 141 cm³/mol. The van der Waals surface area contributed by atoms with Gasteiger partial charge in [-0.3, -0.25) is 4.79 Å². The molecule has 3 rings (SSSR count). The highest BCUT2D eigenvalue weighted by Gasteiger charge is 2.22. The van der Waals surface area contributed by atoms with Gasteiger partial charge in [0.1, 0.15) is 5.76 Å². The standard InChI is InChI=1S/C25H30Cl2FN5O2/c1-7-15(34)13-32(5)19-11-20-18(10-17(19)27)30-24(33(20)6)31-22-16(26)9-8-14(21(22)28)12-29-23(35)25(2,3)4/h7-11,34H,12-13H2,1-6H3,(H,29,35)(H,30,31)/b15-7-. The number of nitrogens with zero attached hydrogens (tertiary/aromatic N) is 3. The number of nitrogens with one attached hydrogen (secondary N) is 2. The topological polar surface area (TPSA) is 82.4 Å². The molecule has 1 heterocycles. The number of hydrogen-bond acceptors (Lipinski definition) is 5. The van der Waals surface area contributed by atoms with E-state index in [2.05, 4.69) is 15.6 Å². The van der Waals surface area contributed by atoms with Crippen molar-refractivity contribution in [2.24, 2.45) is 12.5 Å². The van der Waals surface area contributed by atoms with Crippen molar-refractivity contribution in [3.8, 4) is 0 Å². The summed E-state index contributed by atoms with van der Waals surface area (Å²) < 4.78 is 17.1. The second kappa shape index (κ2) is 10.3. The zero-order valence-electron chi connectivity index (χ0n) is 20.6. The minimum Gasteiger partial charge on any atom is -0.511 e. The van der Waals surface area contributed by atoms with E-state index in [4.69, 9.17) is 23.2 Å². The van der Waals surface area contributed by atoms with E-state index in [-0.39, 0.29) is 28.9 Å². The van der Waals surface area contributed by atoms with Crippen molar-refractivity contribution in [1.82, 2.24) is 14.9 Å². The summed E-state index contributed by atoms with van der Waals surface area (Å²) in [5.74, 6) is -0.167. The largest absolute Gasteiger partial charge is 0.511 e. The second-order valence-corrected chi connectivity index (χ2v) is 10.2. The van der Waals surface area contributed by atoms with Crippen LogP contribution in [0.25, 0.3) is 11.0 Å². The molecule has 0 unspecified atom stereocenters. The van der Waals surface area contributed by atoms with Gasteiger partial charge >= 0.3 is 0 Å². The number of aryl methyl sites for hydroxylation is 1. The zero-order valence-corrected chi connectivity index (χ0v) is 22.1. The van der Waals surface area contributed by atoms with E-state index in [1.165, 1.54) is 0 Å². The van der Waals surface area contributed by atoms with Crippen LogP contribution in [0.15, 0.2) is 36.1 Å². The number of allylic oxidation sites excluding steroid dienone is 1. The van der Waals surface area contributed by atoms with Crippen LogP contribution in [0.4, 0.5) is 21.7 Å². The number of benzene rings is 2. The number of hydrogen-bond donors (Lipinski definition) is 3. The number of aromatic nitrogens is 2. The van der Waals surface area contributed by atoms with Crippen LogP contribution >= 0.6 is 23.2 Å². The van der Waals surface area contributed by atoms with Crippen LogP contribution < -0.4 is 15.5 Å². The molecule has 1 amide bonds. The van der Waals surface area contributed by atoms with Gasteiger partial charge in [0.05, 0.1) is 39.0 Å². The van der Waals surface area contributed by atoms with Crippen LogP contribution in [-0.2, 0) is 18.4 Å². The van der Waals surface area contributed by atoms with Gasteiger partial charge in [-0.15, -0.1) is 0 Å². The number of amides is 1. The fourth-order valence-corrected chi connectivity index (χ4v) is 3.92. The molecule has 0 atom stereocenters. The molecule has 1 aromatic heterocycles. The highest BCUT2D eigenvalue weighted by molar-refractivity contribution is 6.34. The van der Waals surface area contributed by atoms with E-state index >= 15 is 4.39 Å². The molecule has 0 saturated heterocycles. The Bertz CT molecular complexity index is 1300. The first-order valence-electron chi connectivity index (χ1n) is 11.1. The van der Waals surface area contributed by atoms with Crippen molar-refractivity contribution < 1.29 is 14.3 Å². The van der Waals surface area contributed by atoms with Gasteiger partial charge in [-0.05, 0) is 31.2 Å². The lowest BCUT2D eigenvalue weighted by Gasteiger charge is -2.20. The first-order valence-corrected chi connectivity index (χ1v) is 11.8. The van der Waals surface area contributed by atoms with Crippen molar-refractivity contribution in [3.05, 3.63) is 57.5 Å². The van der Waals surface area contributed by atoms with Gasteiger partial charge in [0, 0.05) is 31.6 Å². The molecule has 0 saturated carbocycles. The van der Waals surface area contributed by atoms with Gasteiger partial charge in [0.15, 0.2) is 5.82 Å². The molecule has 0 fully saturated rings. The van der Waals surface area contributed by atoms with E-state index in [9.17, 15) is 9.90 Å². The Kier molecular flexibility index (Phi) is 7.87. The SMILES string of the molecule is C/C=C(\O)CN(C)c1cc2c(cc1Cl)nc(Nc1c(Cl)ccc(CNC(=O)C(C)(C)C)c1F)n2C. The second-order valence-electron chi connectivity index (χ2n) is 9.38. The number of likely N-dealkylation sites (N-methyl/N-ethyl adjacent to an activating group) is 1. The van der Waals surface area contributed by atoms with E-state index in [0.29, 0.717) is 34.3 Å². The molecule has 3 N–H and O–H groups in total. The van der Waals surface area contributed by atoms with Gasteiger partial charge < -0.3 is 25.2 Å². The Morgan fingerprint density at radius 3 is 2.57 bits per heavy atom. The molecule has 2 aromatic carbocycles. The normalized spacial score (nSPS) is 12.2. The molecule has 7 nitrogen and oxygen atoms in total. The van der Waals surface area contributed by atoms with Gasteiger partial charge in [-0.1, -0.05) is 50.0 Å². The summed E-state index contributed by atoms with van der Waals surface area (Å²) >= 11 is 12.8. The molecule has 35 heavy (non-hydrogen) atoms. The summed E-state index contributed by atoms with van der Waals surface area (Å²) in [7, 11) is 3.61. The fraction of sp³-hybridized carbons (Fsp3) is 0.360. The van der Waals surface area contributed by atoms with Crippen molar-refractivity contribution >= 4 is 57.5 Å². The van der Waals surface area contributed by atoms with Crippen LogP contribution in [-0.4, -0.2) is 34.2 Å². The summed E-state index contributed by atoms with van der Waals surface area (Å²) in [6.07, 6.45) is 1.62. The average molecular weight is 522 g/mol. The molecule has 3 aromatic rings. The maximum Gasteiger partial charge on any atom is 0.225 e. The predicted octanol–water partition coefficient (Wildman–Crippen LogP) is 6.32. The molecule has 188 valence electrons. The number of aliphatic hydroxyl groups is 1. The van der Waals surface area contributed by atoms with Crippen LogP contribution in [0.5, 0.6) is 0 Å². The Hall–Kier alpha value is -2.97. The number of carbonyl (C=O) groups is 1. The highest BCUT2D eigenvalue weighted by Crippen LogP contribution is 2.34. The van der Waals surface area contributed by atoms with Gasteiger partial charge in [-0.25, -0.2) is 9.37 Å². The van der Waals surface area contributed by atoms with Crippen molar-refractivity contribution in [3.63, 3.8) is 0 Å². The van der Waals surface area contributed by atoms with Crippen molar-refractivity contribution in [1.29, 1.82) is 0 Å². The number of carbonyl (C=O) groups excluding carboxylic acids is 1. The molecular formula is C25H30Cl2FN5O2. The van der Waals surface area contributed by atoms with E-state index in [0.717, 1.165) is 5.52 Å². The summed E-state index contributed by atoms with van der Waals surface area (Å²) in [4.78, 5) is 18.6. The third-order valence-electron chi connectivity index (χ3n) is 5.62. The van der Waals surface area contributed by atoms with E-state index < -0.39 is 11.2 Å². The minimum atomic E-state index is -0.586. The van der Waals surface area contributed by atoms with E-state index in [1.54, 1.807) is 63.6 Å². The van der Waals surface area contributed by atoms with Gasteiger partial charge in [0.25, 0.3) is 0 Å². The Morgan fingerprint density at radius 1 is 1.26 bits per heavy atom. The molecule has 0 aliphatic heterocycles. The van der Waals surface area contributed by atoms with Crippen molar-refractivity contribution in [2.45, 2.75) is 34.2 Å². The lowest BCUT2D eigenvalue weighted by atomic mass is 9.95. The zero-order chi connectivity index (χ0) is 26.1. The summed E-state index contributed by atoms with van der Waals surface area (Å²) in [5.41, 5.74) is 1.85. The van der Waals surface area contributed by atoms with Gasteiger partial charge in [-0.2, -0.15) is 0 Å². The maximum atomic E-state index is 15.4. The maximum absolute atomic E-state index is 15.4. The molecule has 0 aliphatic carbocycles. The monoisotopic (exact) mass is 521 g/mol. The molecule has 0 aliphatic rings.